The summed E-state index contributed by atoms with van der Waals surface area (Å²) in [4.78, 5) is 56.4. The summed E-state index contributed by atoms with van der Waals surface area (Å²) in [5.74, 6) is -5.34. The monoisotopic (exact) mass is 469 g/mol. The summed E-state index contributed by atoms with van der Waals surface area (Å²) in [5.41, 5.74) is -0.164. The first-order valence-electron chi connectivity index (χ1n) is 11.5. The van der Waals surface area contributed by atoms with Crippen LogP contribution in [0.1, 0.15) is 44.9 Å². The SMILES string of the molecule is CCc1ccccc1N1C(=O)[C@@H]2[C@@H](c3ccc(F)cc3)OC3(C(=O)c4ccccc4C3=O)[C@H]2C1=O. The third-order valence-corrected chi connectivity index (χ3v) is 7.33. The quantitative estimate of drug-likeness (QED) is 0.427. The van der Waals surface area contributed by atoms with Crippen molar-refractivity contribution in [2.75, 3.05) is 4.90 Å². The molecule has 1 aliphatic carbocycles. The van der Waals surface area contributed by atoms with Gasteiger partial charge in [0.15, 0.2) is 0 Å². The molecule has 6 rings (SSSR count). The van der Waals surface area contributed by atoms with Gasteiger partial charge in [-0.2, -0.15) is 0 Å². The van der Waals surface area contributed by atoms with Gasteiger partial charge >= 0.3 is 0 Å². The van der Waals surface area contributed by atoms with Gasteiger partial charge in [0, 0.05) is 11.1 Å². The molecular formula is C28H20FNO5. The van der Waals surface area contributed by atoms with Gasteiger partial charge < -0.3 is 4.74 Å². The minimum Gasteiger partial charge on any atom is -0.349 e. The van der Waals surface area contributed by atoms with Crippen LogP contribution < -0.4 is 4.90 Å². The van der Waals surface area contributed by atoms with E-state index in [1.54, 1.807) is 24.3 Å². The zero-order valence-electron chi connectivity index (χ0n) is 18.7. The van der Waals surface area contributed by atoms with Gasteiger partial charge in [-0.05, 0) is 35.7 Å². The number of anilines is 1. The Morgan fingerprint density at radius 2 is 1.43 bits per heavy atom. The van der Waals surface area contributed by atoms with Crippen molar-refractivity contribution in [2.45, 2.75) is 25.0 Å². The van der Waals surface area contributed by atoms with Crippen molar-refractivity contribution in [2.24, 2.45) is 11.8 Å². The molecule has 6 nitrogen and oxygen atoms in total. The molecule has 0 unspecified atom stereocenters. The van der Waals surface area contributed by atoms with Crippen molar-refractivity contribution in [1.82, 2.24) is 0 Å². The summed E-state index contributed by atoms with van der Waals surface area (Å²) in [6.45, 7) is 1.91. The fourth-order valence-electron chi connectivity index (χ4n) is 5.74. The number of hydrogen-bond donors (Lipinski definition) is 0. The smallest absolute Gasteiger partial charge is 0.241 e. The molecule has 7 heteroatoms. The molecule has 2 aliphatic heterocycles. The van der Waals surface area contributed by atoms with Crippen LogP contribution in [0.15, 0.2) is 72.8 Å². The number of fused-ring (bicyclic) bond motifs is 3. The highest BCUT2D eigenvalue weighted by atomic mass is 19.1. The van der Waals surface area contributed by atoms with Gasteiger partial charge in [-0.3, -0.25) is 19.2 Å². The molecule has 3 aromatic carbocycles. The molecule has 2 fully saturated rings. The number of nitrogens with zero attached hydrogens (tertiary/aromatic N) is 1. The van der Waals surface area contributed by atoms with Crippen LogP contribution in [0, 0.1) is 17.7 Å². The van der Waals surface area contributed by atoms with Crippen molar-refractivity contribution in [1.29, 1.82) is 0 Å². The molecule has 0 N–H and O–H groups in total. The van der Waals surface area contributed by atoms with Crippen molar-refractivity contribution in [3.8, 4) is 0 Å². The predicted octanol–water partition coefficient (Wildman–Crippen LogP) is 4.08. The third kappa shape index (κ3) is 2.73. The number of aryl methyl sites for hydroxylation is 1. The number of amides is 2. The number of benzene rings is 3. The summed E-state index contributed by atoms with van der Waals surface area (Å²) in [6, 6.07) is 18.7. The van der Waals surface area contributed by atoms with E-state index in [4.69, 9.17) is 4.74 Å². The number of rotatable bonds is 3. The second-order valence-corrected chi connectivity index (χ2v) is 9.03. The Morgan fingerprint density at radius 3 is 2.06 bits per heavy atom. The molecule has 0 bridgehead atoms. The highest BCUT2D eigenvalue weighted by molar-refractivity contribution is 6.37. The fraction of sp³-hybridized carbons (Fsp3) is 0.214. The zero-order chi connectivity index (χ0) is 24.5. The van der Waals surface area contributed by atoms with E-state index >= 15 is 0 Å². The molecule has 174 valence electrons. The first kappa shape index (κ1) is 21.6. The lowest BCUT2D eigenvalue weighted by Crippen LogP contribution is -2.51. The third-order valence-electron chi connectivity index (χ3n) is 7.33. The highest BCUT2D eigenvalue weighted by Crippen LogP contribution is 2.57. The minimum absolute atomic E-state index is 0.170. The van der Waals surface area contributed by atoms with Crippen LogP contribution in [0.3, 0.4) is 0 Å². The standard InChI is InChI=1S/C28H20FNO5/c1-2-15-7-3-6-10-20(15)30-26(33)21-22(27(30)34)28(35-23(21)16-11-13-17(29)14-12-16)24(31)18-8-4-5-9-19(18)25(28)32/h3-14,21-23H,2H2,1H3/t21-,22+,23+/m0/s1. The molecule has 3 aromatic rings. The number of para-hydroxylation sites is 1. The van der Waals surface area contributed by atoms with Crippen LogP contribution in [-0.4, -0.2) is 29.0 Å². The molecule has 0 aromatic heterocycles. The average molecular weight is 469 g/mol. The summed E-state index contributed by atoms with van der Waals surface area (Å²) < 4.78 is 19.9. The van der Waals surface area contributed by atoms with Crippen molar-refractivity contribution in [3.63, 3.8) is 0 Å². The van der Waals surface area contributed by atoms with Gasteiger partial charge in [-0.15, -0.1) is 0 Å². The van der Waals surface area contributed by atoms with Crippen LogP contribution in [0.25, 0.3) is 0 Å². The molecule has 2 saturated heterocycles. The molecule has 3 aliphatic rings. The second kappa shape index (κ2) is 7.52. The first-order chi connectivity index (χ1) is 16.9. The molecule has 2 heterocycles. The summed E-state index contributed by atoms with van der Waals surface area (Å²) in [6.07, 6.45) is -0.493. The second-order valence-electron chi connectivity index (χ2n) is 9.03. The fourth-order valence-corrected chi connectivity index (χ4v) is 5.74. The summed E-state index contributed by atoms with van der Waals surface area (Å²) in [7, 11) is 0. The van der Waals surface area contributed by atoms with Crippen LogP contribution in [-0.2, 0) is 20.7 Å². The van der Waals surface area contributed by atoms with Gasteiger partial charge in [-0.25, -0.2) is 9.29 Å². The number of carbonyl (C=O) groups is 4. The molecule has 3 atom stereocenters. The Hall–Kier alpha value is -3.97. The maximum atomic E-state index is 14.0. The van der Waals surface area contributed by atoms with Crippen LogP contribution in [0.4, 0.5) is 10.1 Å². The molecular weight excluding hydrogens is 449 g/mol. The summed E-state index contributed by atoms with van der Waals surface area (Å²) in [5, 5.41) is 0. The predicted molar refractivity (Wildman–Crippen MR) is 123 cm³/mol. The van der Waals surface area contributed by atoms with E-state index < -0.39 is 52.7 Å². The Morgan fingerprint density at radius 1 is 0.829 bits per heavy atom. The Balaban J connectivity index is 1.55. The maximum absolute atomic E-state index is 14.0. The Bertz CT molecular complexity index is 1390. The van der Waals surface area contributed by atoms with E-state index in [-0.39, 0.29) is 11.1 Å². The zero-order valence-corrected chi connectivity index (χ0v) is 18.7. The van der Waals surface area contributed by atoms with Gasteiger partial charge in [0.1, 0.15) is 5.82 Å². The number of halogens is 1. The Labute approximate surface area is 200 Å². The van der Waals surface area contributed by atoms with Gasteiger partial charge in [-0.1, -0.05) is 61.5 Å². The lowest BCUT2D eigenvalue weighted by molar-refractivity contribution is -0.127. The van der Waals surface area contributed by atoms with Crippen LogP contribution >= 0.6 is 0 Å². The van der Waals surface area contributed by atoms with Crippen molar-refractivity contribution >= 4 is 29.1 Å². The van der Waals surface area contributed by atoms with Gasteiger partial charge in [0.2, 0.25) is 29.0 Å². The molecule has 0 radical (unpaired) electrons. The molecule has 0 saturated carbocycles. The van der Waals surface area contributed by atoms with E-state index in [2.05, 4.69) is 0 Å². The number of carbonyl (C=O) groups excluding carboxylic acids is 4. The molecule has 2 amide bonds. The number of hydrogen-bond acceptors (Lipinski definition) is 5. The van der Waals surface area contributed by atoms with Gasteiger partial charge in [0.25, 0.3) is 0 Å². The first-order valence-corrected chi connectivity index (χ1v) is 11.5. The van der Waals surface area contributed by atoms with Crippen molar-refractivity contribution in [3.05, 3.63) is 101 Å². The topological polar surface area (TPSA) is 80.8 Å². The molecule has 35 heavy (non-hydrogen) atoms. The van der Waals surface area contributed by atoms with Crippen molar-refractivity contribution < 1.29 is 28.3 Å². The highest BCUT2D eigenvalue weighted by Gasteiger charge is 2.74. The van der Waals surface area contributed by atoms with E-state index in [0.29, 0.717) is 17.7 Å². The summed E-state index contributed by atoms with van der Waals surface area (Å²) >= 11 is 0. The number of ether oxygens (including phenoxy) is 1. The normalized spacial score (nSPS) is 24.4. The molecule has 1 spiro atoms. The average Bonchev–Trinajstić information content (AvgIpc) is 3.44. The lowest BCUT2D eigenvalue weighted by atomic mass is 9.77. The van der Waals surface area contributed by atoms with E-state index in [0.717, 1.165) is 10.5 Å². The number of imide groups is 1. The van der Waals surface area contributed by atoms with E-state index in [1.807, 2.05) is 19.1 Å². The van der Waals surface area contributed by atoms with E-state index in [9.17, 15) is 23.6 Å². The lowest BCUT2D eigenvalue weighted by Gasteiger charge is -2.28. The van der Waals surface area contributed by atoms with Gasteiger partial charge in [0.05, 0.1) is 23.6 Å². The maximum Gasteiger partial charge on any atom is 0.241 e. The largest absolute Gasteiger partial charge is 0.349 e. The minimum atomic E-state index is -2.14. The van der Waals surface area contributed by atoms with Crippen LogP contribution in [0.5, 0.6) is 0 Å². The Kier molecular flexibility index (Phi) is 4.63. The number of Topliss-reactive ketones (excluding diaryl/α,β-unsaturated/α-hetero) is 2. The number of ketones is 2. The van der Waals surface area contributed by atoms with E-state index in [1.165, 1.54) is 36.4 Å². The van der Waals surface area contributed by atoms with Crippen LogP contribution in [0.2, 0.25) is 0 Å².